The van der Waals surface area contributed by atoms with Crippen LogP contribution in [0.3, 0.4) is 0 Å². The summed E-state index contributed by atoms with van der Waals surface area (Å²) in [6.45, 7) is 4.40. The van der Waals surface area contributed by atoms with Gasteiger partial charge in [-0.15, -0.1) is 6.42 Å². The average Bonchev–Trinajstić information content (AvgIpc) is 2.73. The third-order valence-corrected chi connectivity index (χ3v) is 5.23. The van der Waals surface area contributed by atoms with Gasteiger partial charge in [-0.3, -0.25) is 4.79 Å². The van der Waals surface area contributed by atoms with Crippen molar-refractivity contribution < 1.29 is 9.47 Å². The van der Waals surface area contributed by atoms with Gasteiger partial charge in [0, 0.05) is 10.9 Å². The fraction of sp³-hybridized carbons (Fsp3) is 0.227. The van der Waals surface area contributed by atoms with Crippen molar-refractivity contribution in [2.45, 2.75) is 20.3 Å². The number of fused-ring (bicyclic) bond motifs is 1. The molecule has 0 aliphatic heterocycles. The lowest BCUT2D eigenvalue weighted by atomic mass is 10.2. The summed E-state index contributed by atoms with van der Waals surface area (Å²) in [4.78, 5) is 17.6. The zero-order valence-corrected chi connectivity index (χ0v) is 19.7. The summed E-state index contributed by atoms with van der Waals surface area (Å²) in [5.41, 5.74) is 1.14. The van der Waals surface area contributed by atoms with E-state index in [0.717, 1.165) is 10.0 Å². The van der Waals surface area contributed by atoms with Crippen LogP contribution >= 0.6 is 31.9 Å². The van der Waals surface area contributed by atoms with Crippen LogP contribution in [0.1, 0.15) is 25.2 Å². The van der Waals surface area contributed by atoms with Crippen molar-refractivity contribution in [2.75, 3.05) is 13.2 Å². The van der Waals surface area contributed by atoms with Crippen molar-refractivity contribution in [1.29, 1.82) is 0 Å². The molecule has 2 aromatic carbocycles. The monoisotopic (exact) mass is 531 g/mol. The van der Waals surface area contributed by atoms with Gasteiger partial charge in [-0.05, 0) is 58.7 Å². The highest BCUT2D eigenvalue weighted by Gasteiger charge is 2.13. The standard InChI is InChI=1S/C22H19Br2N3O3/c1-4-9-30-21-17(24)10-14(11-19(21)29-6-3)13-25-27-20(5-2)26-18-8-7-15(23)12-16(18)22(27)28/h1,7-8,10-13H,5-6,9H2,2-3H3. The molecular formula is C22H19Br2N3O3. The number of terminal acetylenes is 1. The molecule has 0 saturated heterocycles. The molecule has 8 heteroatoms. The summed E-state index contributed by atoms with van der Waals surface area (Å²) in [7, 11) is 0. The molecule has 3 aromatic rings. The largest absolute Gasteiger partial charge is 0.490 e. The first kappa shape index (κ1) is 22.1. The Morgan fingerprint density at radius 3 is 2.73 bits per heavy atom. The molecule has 6 nitrogen and oxygen atoms in total. The van der Waals surface area contributed by atoms with Crippen LogP contribution in [0.25, 0.3) is 10.9 Å². The number of aromatic nitrogens is 2. The van der Waals surface area contributed by atoms with Crippen LogP contribution in [-0.2, 0) is 6.42 Å². The van der Waals surface area contributed by atoms with Crippen molar-refractivity contribution >= 4 is 49.0 Å². The Morgan fingerprint density at radius 2 is 2.03 bits per heavy atom. The number of nitrogens with zero attached hydrogens (tertiary/aromatic N) is 3. The van der Waals surface area contributed by atoms with E-state index in [4.69, 9.17) is 15.9 Å². The number of halogens is 2. The van der Waals surface area contributed by atoms with Gasteiger partial charge in [0.1, 0.15) is 12.4 Å². The summed E-state index contributed by atoms with van der Waals surface area (Å²) < 4.78 is 14.1. The minimum Gasteiger partial charge on any atom is -0.490 e. The summed E-state index contributed by atoms with van der Waals surface area (Å²) in [5, 5.41) is 4.91. The summed E-state index contributed by atoms with van der Waals surface area (Å²) in [6, 6.07) is 9.02. The maximum Gasteiger partial charge on any atom is 0.282 e. The quantitative estimate of drug-likeness (QED) is 0.324. The zero-order chi connectivity index (χ0) is 21.7. The molecule has 0 bridgehead atoms. The molecule has 0 spiro atoms. The van der Waals surface area contributed by atoms with E-state index in [9.17, 15) is 4.79 Å². The molecule has 0 radical (unpaired) electrons. The second kappa shape index (κ2) is 9.92. The van der Waals surface area contributed by atoms with Gasteiger partial charge in [0.15, 0.2) is 11.5 Å². The van der Waals surface area contributed by atoms with E-state index >= 15 is 0 Å². The van der Waals surface area contributed by atoms with E-state index in [1.807, 2.05) is 32.0 Å². The van der Waals surface area contributed by atoms with Gasteiger partial charge in [0.2, 0.25) is 0 Å². The van der Waals surface area contributed by atoms with Crippen LogP contribution in [0.15, 0.2) is 49.2 Å². The van der Waals surface area contributed by atoms with Gasteiger partial charge in [-0.1, -0.05) is 28.8 Å². The van der Waals surface area contributed by atoms with Gasteiger partial charge in [0.05, 0.1) is 28.2 Å². The average molecular weight is 533 g/mol. The molecular weight excluding hydrogens is 514 g/mol. The van der Waals surface area contributed by atoms with Crippen molar-refractivity contribution in [3.05, 3.63) is 61.0 Å². The maximum atomic E-state index is 13.0. The first-order valence-electron chi connectivity index (χ1n) is 9.26. The number of aryl methyl sites for hydroxylation is 1. The molecule has 154 valence electrons. The molecule has 1 aromatic heterocycles. The van der Waals surface area contributed by atoms with Crippen LogP contribution in [-0.4, -0.2) is 29.1 Å². The number of hydrogen-bond acceptors (Lipinski definition) is 5. The van der Waals surface area contributed by atoms with Gasteiger partial charge < -0.3 is 9.47 Å². The summed E-state index contributed by atoms with van der Waals surface area (Å²) in [6.07, 6.45) is 7.44. The zero-order valence-electron chi connectivity index (χ0n) is 16.5. The van der Waals surface area contributed by atoms with Crippen molar-refractivity contribution in [3.8, 4) is 23.8 Å². The Balaban J connectivity index is 2.07. The van der Waals surface area contributed by atoms with E-state index < -0.39 is 0 Å². The summed E-state index contributed by atoms with van der Waals surface area (Å²) in [5.74, 6) is 4.07. The SMILES string of the molecule is C#CCOc1c(Br)cc(C=Nn2c(CC)nc3ccc(Br)cc3c2=O)cc1OCC. The van der Waals surface area contributed by atoms with E-state index in [1.54, 1.807) is 18.3 Å². The first-order chi connectivity index (χ1) is 14.5. The minimum atomic E-state index is -0.229. The van der Waals surface area contributed by atoms with Crippen LogP contribution in [0.5, 0.6) is 11.5 Å². The Morgan fingerprint density at radius 1 is 1.23 bits per heavy atom. The van der Waals surface area contributed by atoms with E-state index in [2.05, 4.69) is 47.9 Å². The fourth-order valence-corrected chi connectivity index (χ4v) is 3.78. The highest BCUT2D eigenvalue weighted by molar-refractivity contribution is 9.10. The molecule has 0 fully saturated rings. The summed E-state index contributed by atoms with van der Waals surface area (Å²) >= 11 is 6.89. The molecule has 0 aliphatic carbocycles. The van der Waals surface area contributed by atoms with Crippen LogP contribution < -0.4 is 15.0 Å². The minimum absolute atomic E-state index is 0.125. The smallest absolute Gasteiger partial charge is 0.282 e. The number of ether oxygens (including phenoxy) is 2. The maximum absolute atomic E-state index is 13.0. The first-order valence-corrected chi connectivity index (χ1v) is 10.8. The second-order valence-electron chi connectivity index (χ2n) is 6.16. The van der Waals surface area contributed by atoms with Gasteiger partial charge in [-0.25, -0.2) is 4.98 Å². The van der Waals surface area contributed by atoms with Crippen LogP contribution in [0, 0.1) is 12.3 Å². The number of hydrogen-bond donors (Lipinski definition) is 0. The van der Waals surface area contributed by atoms with Crippen LogP contribution in [0.2, 0.25) is 0 Å². The van der Waals surface area contributed by atoms with Crippen molar-refractivity contribution in [3.63, 3.8) is 0 Å². The molecule has 0 aliphatic rings. The lowest BCUT2D eigenvalue weighted by Crippen LogP contribution is -2.22. The van der Waals surface area contributed by atoms with Crippen molar-refractivity contribution in [2.24, 2.45) is 5.10 Å². The highest BCUT2D eigenvalue weighted by atomic mass is 79.9. The lowest BCUT2D eigenvalue weighted by Gasteiger charge is -2.13. The molecule has 1 heterocycles. The van der Waals surface area contributed by atoms with Crippen LogP contribution in [0.4, 0.5) is 0 Å². The Labute approximate surface area is 191 Å². The van der Waals surface area contributed by atoms with Crippen molar-refractivity contribution in [1.82, 2.24) is 9.66 Å². The lowest BCUT2D eigenvalue weighted by molar-refractivity contribution is 0.298. The van der Waals surface area contributed by atoms with Gasteiger partial charge in [-0.2, -0.15) is 9.78 Å². The number of benzene rings is 2. The predicted octanol–water partition coefficient (Wildman–Crippen LogP) is 4.78. The molecule has 0 N–H and O–H groups in total. The normalized spacial score (nSPS) is 11.0. The predicted molar refractivity (Wildman–Crippen MR) is 126 cm³/mol. The second-order valence-corrected chi connectivity index (χ2v) is 7.93. The molecule has 30 heavy (non-hydrogen) atoms. The third-order valence-electron chi connectivity index (χ3n) is 4.15. The highest BCUT2D eigenvalue weighted by Crippen LogP contribution is 2.36. The molecule has 0 atom stereocenters. The molecule has 0 amide bonds. The topological polar surface area (TPSA) is 65.7 Å². The Bertz CT molecular complexity index is 1210. The molecule has 0 saturated carbocycles. The van der Waals surface area contributed by atoms with E-state index in [-0.39, 0.29) is 12.2 Å². The molecule has 0 unspecified atom stereocenters. The fourth-order valence-electron chi connectivity index (χ4n) is 2.85. The third kappa shape index (κ3) is 4.74. The van der Waals surface area contributed by atoms with E-state index in [1.165, 1.54) is 4.68 Å². The Kier molecular flexibility index (Phi) is 7.29. The molecule has 3 rings (SSSR count). The van der Waals surface area contributed by atoms with E-state index in [0.29, 0.717) is 45.7 Å². The van der Waals surface area contributed by atoms with Gasteiger partial charge in [0.25, 0.3) is 5.56 Å². The Hall–Kier alpha value is -2.63. The van der Waals surface area contributed by atoms with Gasteiger partial charge >= 0.3 is 0 Å². The number of rotatable bonds is 7.